The number of ether oxygens (including phenoxy) is 1. The maximum atomic E-state index is 12.7. The van der Waals surface area contributed by atoms with E-state index in [1.807, 2.05) is 11.8 Å². The van der Waals surface area contributed by atoms with Crippen molar-refractivity contribution >= 4 is 11.6 Å². The highest BCUT2D eigenvalue weighted by Crippen LogP contribution is 2.29. The molecule has 0 radical (unpaired) electrons. The molecule has 1 fully saturated rings. The van der Waals surface area contributed by atoms with E-state index in [2.05, 4.69) is 0 Å². The van der Waals surface area contributed by atoms with Gasteiger partial charge in [-0.2, -0.15) is 0 Å². The molecule has 0 spiro atoms. The quantitative estimate of drug-likeness (QED) is 0.617. The minimum Gasteiger partial charge on any atom is -0.490 e. The molecule has 2 rings (SSSR count). The van der Waals surface area contributed by atoms with Crippen molar-refractivity contribution in [1.29, 1.82) is 0 Å². The summed E-state index contributed by atoms with van der Waals surface area (Å²) in [6.07, 6.45) is 5.51. The van der Waals surface area contributed by atoms with E-state index >= 15 is 0 Å². The molecule has 0 unspecified atom stereocenters. The van der Waals surface area contributed by atoms with Gasteiger partial charge in [0, 0.05) is 24.2 Å². The summed E-state index contributed by atoms with van der Waals surface area (Å²) in [5, 5.41) is 11.1. The van der Waals surface area contributed by atoms with Crippen LogP contribution in [0, 0.1) is 10.1 Å². The Labute approximate surface area is 130 Å². The summed E-state index contributed by atoms with van der Waals surface area (Å²) in [6, 6.07) is 4.64. The summed E-state index contributed by atoms with van der Waals surface area (Å²) in [5.41, 5.74) is 0.174. The zero-order valence-corrected chi connectivity index (χ0v) is 13.1. The van der Waals surface area contributed by atoms with Gasteiger partial charge in [-0.05, 0) is 31.9 Å². The fraction of sp³-hybridized carbons (Fsp3) is 0.562. The van der Waals surface area contributed by atoms with Crippen molar-refractivity contribution in [2.45, 2.75) is 45.1 Å². The number of hydrogen-bond donors (Lipinski definition) is 0. The first-order valence-electron chi connectivity index (χ1n) is 7.71. The van der Waals surface area contributed by atoms with Crippen LogP contribution in [0.4, 0.5) is 5.69 Å². The molecule has 0 saturated heterocycles. The molecular formula is C16H22N2O4. The smallest absolute Gasteiger partial charge is 0.311 e. The number of hydrogen-bond acceptors (Lipinski definition) is 4. The van der Waals surface area contributed by atoms with Gasteiger partial charge < -0.3 is 9.64 Å². The highest BCUT2D eigenvalue weighted by atomic mass is 16.6. The van der Waals surface area contributed by atoms with Gasteiger partial charge in [-0.1, -0.05) is 19.3 Å². The summed E-state index contributed by atoms with van der Waals surface area (Å²) >= 11 is 0. The van der Waals surface area contributed by atoms with Gasteiger partial charge in [-0.15, -0.1) is 0 Å². The molecule has 0 atom stereocenters. The standard InChI is InChI=1S/C16H22N2O4/c1-3-17(13-7-5-4-6-8-13)16(19)12-9-10-15(22-2)14(11-12)18(20)21/h9-11,13H,3-8H2,1-2H3. The molecule has 1 aromatic rings. The Kier molecular flexibility index (Phi) is 5.35. The lowest BCUT2D eigenvalue weighted by Gasteiger charge is -2.33. The van der Waals surface area contributed by atoms with Crippen molar-refractivity contribution in [3.63, 3.8) is 0 Å². The molecule has 1 amide bonds. The van der Waals surface area contributed by atoms with Gasteiger partial charge >= 0.3 is 5.69 Å². The van der Waals surface area contributed by atoms with Gasteiger partial charge in [0.1, 0.15) is 0 Å². The Morgan fingerprint density at radius 1 is 1.36 bits per heavy atom. The molecule has 1 aliphatic rings. The molecule has 6 nitrogen and oxygen atoms in total. The van der Waals surface area contributed by atoms with Gasteiger partial charge in [0.25, 0.3) is 5.91 Å². The third-order valence-corrected chi connectivity index (χ3v) is 4.24. The summed E-state index contributed by atoms with van der Waals surface area (Å²) < 4.78 is 4.98. The average Bonchev–Trinajstić information content (AvgIpc) is 2.55. The second kappa shape index (κ2) is 7.24. The third kappa shape index (κ3) is 3.37. The highest BCUT2D eigenvalue weighted by molar-refractivity contribution is 5.95. The van der Waals surface area contributed by atoms with Crippen LogP contribution in [0.1, 0.15) is 49.4 Å². The fourth-order valence-electron chi connectivity index (χ4n) is 3.09. The van der Waals surface area contributed by atoms with Crippen LogP contribution in [0.25, 0.3) is 0 Å². The Balaban J connectivity index is 2.26. The van der Waals surface area contributed by atoms with E-state index in [1.54, 1.807) is 6.07 Å². The van der Waals surface area contributed by atoms with Gasteiger partial charge in [0.15, 0.2) is 5.75 Å². The summed E-state index contributed by atoms with van der Waals surface area (Å²) in [6.45, 7) is 2.56. The first-order valence-corrected chi connectivity index (χ1v) is 7.71. The van der Waals surface area contributed by atoms with Crippen LogP contribution in [0.15, 0.2) is 18.2 Å². The maximum Gasteiger partial charge on any atom is 0.311 e. The zero-order chi connectivity index (χ0) is 16.1. The van der Waals surface area contributed by atoms with Gasteiger partial charge in [0.2, 0.25) is 0 Å². The lowest BCUT2D eigenvalue weighted by atomic mass is 9.93. The highest BCUT2D eigenvalue weighted by Gasteiger charge is 2.26. The fourth-order valence-corrected chi connectivity index (χ4v) is 3.09. The normalized spacial score (nSPS) is 15.4. The molecule has 0 bridgehead atoms. The number of nitrogens with zero attached hydrogens (tertiary/aromatic N) is 2. The number of amides is 1. The van der Waals surface area contributed by atoms with Crippen molar-refractivity contribution in [1.82, 2.24) is 4.90 Å². The molecule has 22 heavy (non-hydrogen) atoms. The first kappa shape index (κ1) is 16.3. The lowest BCUT2D eigenvalue weighted by molar-refractivity contribution is -0.385. The number of methoxy groups -OCH3 is 1. The number of nitro groups is 1. The van der Waals surface area contributed by atoms with Crippen molar-refractivity contribution in [2.24, 2.45) is 0 Å². The molecule has 0 aromatic heterocycles. The molecule has 1 aliphatic carbocycles. The minimum atomic E-state index is -0.521. The number of rotatable bonds is 5. The molecule has 0 aliphatic heterocycles. The Morgan fingerprint density at radius 2 is 2.05 bits per heavy atom. The molecule has 0 N–H and O–H groups in total. The first-order chi connectivity index (χ1) is 10.6. The van der Waals surface area contributed by atoms with E-state index in [1.165, 1.54) is 25.7 Å². The zero-order valence-electron chi connectivity index (χ0n) is 13.1. The lowest BCUT2D eigenvalue weighted by Crippen LogP contribution is -2.41. The van der Waals surface area contributed by atoms with Gasteiger partial charge in [-0.25, -0.2) is 0 Å². The van der Waals surface area contributed by atoms with Crippen LogP contribution in [0.3, 0.4) is 0 Å². The van der Waals surface area contributed by atoms with Crippen molar-refractivity contribution < 1.29 is 14.5 Å². The topological polar surface area (TPSA) is 72.7 Å². The largest absolute Gasteiger partial charge is 0.490 e. The van der Waals surface area contributed by atoms with E-state index in [9.17, 15) is 14.9 Å². The van der Waals surface area contributed by atoms with Crippen molar-refractivity contribution in [3.8, 4) is 5.75 Å². The van der Waals surface area contributed by atoms with E-state index in [4.69, 9.17) is 4.74 Å². The number of carbonyl (C=O) groups is 1. The SMILES string of the molecule is CCN(C(=O)c1ccc(OC)c([N+](=O)[O-])c1)C1CCCCC1. The predicted molar refractivity (Wildman–Crippen MR) is 83.2 cm³/mol. The molecule has 120 valence electrons. The number of carbonyl (C=O) groups excluding carboxylic acids is 1. The molecular weight excluding hydrogens is 284 g/mol. The second-order valence-corrected chi connectivity index (χ2v) is 5.53. The third-order valence-electron chi connectivity index (χ3n) is 4.24. The van der Waals surface area contributed by atoms with Gasteiger partial charge in [0.05, 0.1) is 12.0 Å². The predicted octanol–water partition coefficient (Wildman–Crippen LogP) is 3.40. The second-order valence-electron chi connectivity index (χ2n) is 5.53. The van der Waals surface area contributed by atoms with E-state index in [-0.39, 0.29) is 23.4 Å². The van der Waals surface area contributed by atoms with Crippen LogP contribution in [-0.2, 0) is 0 Å². The summed E-state index contributed by atoms with van der Waals surface area (Å²) in [4.78, 5) is 25.1. The molecule has 0 heterocycles. The molecule has 6 heteroatoms. The monoisotopic (exact) mass is 306 g/mol. The Morgan fingerprint density at radius 3 is 2.59 bits per heavy atom. The minimum absolute atomic E-state index is 0.139. The summed E-state index contributed by atoms with van der Waals surface area (Å²) in [5.74, 6) is 0.0300. The summed E-state index contributed by atoms with van der Waals surface area (Å²) in [7, 11) is 1.38. The van der Waals surface area contributed by atoms with Crippen molar-refractivity contribution in [2.75, 3.05) is 13.7 Å². The van der Waals surface area contributed by atoms with Crippen LogP contribution >= 0.6 is 0 Å². The van der Waals surface area contributed by atoms with E-state index in [0.717, 1.165) is 25.7 Å². The maximum absolute atomic E-state index is 12.7. The van der Waals surface area contributed by atoms with E-state index in [0.29, 0.717) is 12.1 Å². The van der Waals surface area contributed by atoms with E-state index < -0.39 is 4.92 Å². The van der Waals surface area contributed by atoms with Crippen molar-refractivity contribution in [3.05, 3.63) is 33.9 Å². The Hall–Kier alpha value is -2.11. The van der Waals surface area contributed by atoms with Gasteiger partial charge in [-0.3, -0.25) is 14.9 Å². The van der Waals surface area contributed by atoms with Crippen LogP contribution < -0.4 is 4.74 Å². The Bertz CT molecular complexity index is 553. The number of nitro benzene ring substituents is 1. The average molecular weight is 306 g/mol. The van der Waals surface area contributed by atoms with Crippen LogP contribution in [0.5, 0.6) is 5.75 Å². The molecule has 1 aromatic carbocycles. The van der Waals surface area contributed by atoms with Crippen LogP contribution in [-0.4, -0.2) is 35.4 Å². The van der Waals surface area contributed by atoms with Crippen LogP contribution in [0.2, 0.25) is 0 Å². The number of benzene rings is 1. The molecule has 1 saturated carbocycles.